The standard InChI is InChI=1S/C31H36N6O6S/c1-20(2)44(40,41)23-16-14-21(15-17-23)24-18-32-26(37(27(38)42-29(3,4)5)28(39)43-30(6,7)8)25(34-24)31(19-33-36-35-31)22-12-10-9-11-13-22/h9-20H,1-8H3. The van der Waals surface area contributed by atoms with Crippen molar-refractivity contribution >= 4 is 34.1 Å². The number of rotatable bonds is 6. The molecule has 44 heavy (non-hydrogen) atoms. The number of sulfone groups is 1. The first-order valence-corrected chi connectivity index (χ1v) is 15.5. The molecule has 2 aromatic carbocycles. The third kappa shape index (κ3) is 6.83. The Bertz CT molecular complexity index is 1670. The molecule has 0 radical (unpaired) electrons. The molecule has 1 aliphatic heterocycles. The molecule has 232 valence electrons. The number of hydrogen-bond acceptors (Lipinski definition) is 11. The van der Waals surface area contributed by atoms with E-state index in [4.69, 9.17) is 14.5 Å². The highest BCUT2D eigenvalue weighted by atomic mass is 32.2. The maximum atomic E-state index is 13.6. The van der Waals surface area contributed by atoms with Crippen LogP contribution in [-0.2, 0) is 24.8 Å². The number of anilines is 1. The van der Waals surface area contributed by atoms with E-state index in [1.54, 1.807) is 91.8 Å². The zero-order valence-electron chi connectivity index (χ0n) is 26.0. The number of amides is 2. The van der Waals surface area contributed by atoms with Crippen LogP contribution in [0.5, 0.6) is 0 Å². The van der Waals surface area contributed by atoms with Gasteiger partial charge in [-0.2, -0.15) is 4.90 Å². The number of ether oxygens (including phenoxy) is 2. The predicted molar refractivity (Wildman–Crippen MR) is 165 cm³/mol. The molecule has 0 spiro atoms. The molecular weight excluding hydrogens is 584 g/mol. The van der Waals surface area contributed by atoms with E-state index in [1.807, 2.05) is 6.07 Å². The first-order chi connectivity index (χ1) is 20.4. The normalized spacial score (nSPS) is 16.7. The van der Waals surface area contributed by atoms with Crippen LogP contribution in [0.25, 0.3) is 11.3 Å². The van der Waals surface area contributed by atoms with Crippen LogP contribution in [0.2, 0.25) is 0 Å². The van der Waals surface area contributed by atoms with Gasteiger partial charge in [-0.15, -0.1) is 10.2 Å². The molecule has 1 aliphatic rings. The van der Waals surface area contributed by atoms with E-state index in [0.29, 0.717) is 21.7 Å². The average Bonchev–Trinajstić information content (AvgIpc) is 3.43. The van der Waals surface area contributed by atoms with Crippen LogP contribution < -0.4 is 4.90 Å². The number of benzene rings is 2. The van der Waals surface area contributed by atoms with Crippen molar-refractivity contribution in [3.63, 3.8) is 0 Å². The van der Waals surface area contributed by atoms with Gasteiger partial charge < -0.3 is 9.47 Å². The summed E-state index contributed by atoms with van der Waals surface area (Å²) < 4.78 is 36.6. The van der Waals surface area contributed by atoms with Crippen molar-refractivity contribution in [3.8, 4) is 11.3 Å². The lowest BCUT2D eigenvalue weighted by atomic mass is 9.88. The first kappa shape index (κ1) is 32.4. The van der Waals surface area contributed by atoms with Crippen LogP contribution in [0.4, 0.5) is 15.4 Å². The van der Waals surface area contributed by atoms with E-state index in [0.717, 1.165) is 0 Å². The summed E-state index contributed by atoms with van der Waals surface area (Å²) in [7, 11) is -3.50. The second kappa shape index (κ2) is 11.9. The molecule has 3 aromatic rings. The Balaban J connectivity index is 1.98. The van der Waals surface area contributed by atoms with Gasteiger partial charge >= 0.3 is 12.2 Å². The highest BCUT2D eigenvalue weighted by Crippen LogP contribution is 2.40. The smallest absolute Gasteiger partial charge is 0.425 e. The summed E-state index contributed by atoms with van der Waals surface area (Å²) in [5.74, 6) is -0.201. The molecule has 4 rings (SSSR count). The molecule has 1 aromatic heterocycles. The maximum Gasteiger partial charge on any atom is 0.425 e. The lowest BCUT2D eigenvalue weighted by Crippen LogP contribution is -2.45. The molecule has 13 heteroatoms. The van der Waals surface area contributed by atoms with Crippen molar-refractivity contribution < 1.29 is 27.5 Å². The van der Waals surface area contributed by atoms with E-state index in [1.165, 1.54) is 24.5 Å². The minimum Gasteiger partial charge on any atom is -0.443 e. The summed E-state index contributed by atoms with van der Waals surface area (Å²) in [4.78, 5) is 37.5. The van der Waals surface area contributed by atoms with E-state index < -0.39 is 44.0 Å². The number of carbonyl (C=O) groups excluding carboxylic acids is 2. The van der Waals surface area contributed by atoms with Crippen LogP contribution in [-0.4, -0.2) is 53.2 Å². The Labute approximate surface area is 257 Å². The van der Waals surface area contributed by atoms with Crippen molar-refractivity contribution in [2.45, 2.75) is 82.3 Å². The number of aromatic nitrogens is 2. The molecule has 1 atom stereocenters. The fourth-order valence-corrected chi connectivity index (χ4v) is 5.25. The lowest BCUT2D eigenvalue weighted by Gasteiger charge is -2.31. The van der Waals surface area contributed by atoms with Crippen LogP contribution in [0.1, 0.15) is 66.6 Å². The molecule has 12 nitrogen and oxygen atoms in total. The van der Waals surface area contributed by atoms with Gasteiger partial charge in [0.05, 0.1) is 28.3 Å². The molecule has 1 unspecified atom stereocenters. The Morgan fingerprint density at radius 3 is 1.91 bits per heavy atom. The van der Waals surface area contributed by atoms with Gasteiger partial charge in [0.25, 0.3) is 0 Å². The Hall–Kier alpha value is -4.52. The monoisotopic (exact) mass is 620 g/mol. The van der Waals surface area contributed by atoms with Crippen molar-refractivity contribution in [2.75, 3.05) is 4.90 Å². The summed E-state index contributed by atoms with van der Waals surface area (Å²) in [5, 5.41) is 11.7. The Kier molecular flexibility index (Phi) is 8.74. The van der Waals surface area contributed by atoms with Crippen molar-refractivity contribution in [1.29, 1.82) is 0 Å². The summed E-state index contributed by atoms with van der Waals surface area (Å²) >= 11 is 0. The molecule has 0 saturated heterocycles. The van der Waals surface area contributed by atoms with Gasteiger partial charge in [-0.1, -0.05) is 42.5 Å². The first-order valence-electron chi connectivity index (χ1n) is 13.9. The van der Waals surface area contributed by atoms with Crippen molar-refractivity contribution in [1.82, 2.24) is 9.97 Å². The minimum atomic E-state index is -3.50. The molecule has 2 heterocycles. The molecular formula is C31H36N6O6S. The van der Waals surface area contributed by atoms with E-state index >= 15 is 0 Å². The average molecular weight is 621 g/mol. The van der Waals surface area contributed by atoms with Gasteiger partial charge in [-0.05, 0) is 78.3 Å². The zero-order valence-corrected chi connectivity index (χ0v) is 26.8. The second-order valence-corrected chi connectivity index (χ2v) is 14.9. The predicted octanol–water partition coefficient (Wildman–Crippen LogP) is 6.70. The van der Waals surface area contributed by atoms with Crippen molar-refractivity contribution in [2.24, 2.45) is 15.4 Å². The van der Waals surface area contributed by atoms with E-state index in [9.17, 15) is 18.0 Å². The lowest BCUT2D eigenvalue weighted by molar-refractivity contribution is 0.0428. The largest absolute Gasteiger partial charge is 0.443 e. The summed E-state index contributed by atoms with van der Waals surface area (Å²) in [5.41, 5.74) is -1.93. The molecule has 2 amide bonds. The van der Waals surface area contributed by atoms with Gasteiger partial charge in [0.2, 0.25) is 0 Å². The number of nitrogens with zero attached hydrogens (tertiary/aromatic N) is 6. The number of imide groups is 1. The van der Waals surface area contributed by atoms with Crippen LogP contribution in [0, 0.1) is 0 Å². The Morgan fingerprint density at radius 1 is 0.864 bits per heavy atom. The van der Waals surface area contributed by atoms with Crippen LogP contribution in [0.3, 0.4) is 0 Å². The number of carbonyl (C=O) groups is 2. The molecule has 0 bridgehead atoms. The van der Waals surface area contributed by atoms with E-state index in [2.05, 4.69) is 20.4 Å². The minimum absolute atomic E-state index is 0.0433. The molecule has 0 aliphatic carbocycles. The zero-order chi connectivity index (χ0) is 32.5. The molecule has 0 saturated carbocycles. The quantitative estimate of drug-likeness (QED) is 0.295. The maximum absolute atomic E-state index is 13.6. The third-order valence-corrected chi connectivity index (χ3v) is 8.46. The fourth-order valence-electron chi connectivity index (χ4n) is 4.19. The Morgan fingerprint density at radius 2 is 1.43 bits per heavy atom. The fraction of sp³-hybridized carbons (Fsp3) is 0.387. The third-order valence-electron chi connectivity index (χ3n) is 6.29. The van der Waals surface area contributed by atoms with Gasteiger partial charge in [0.15, 0.2) is 21.2 Å². The molecule has 0 N–H and O–H groups in total. The van der Waals surface area contributed by atoms with Crippen molar-refractivity contribution in [3.05, 3.63) is 72.1 Å². The number of hydrogen-bond donors (Lipinski definition) is 0. The summed E-state index contributed by atoms with van der Waals surface area (Å²) in [6.07, 6.45) is 0.746. The highest BCUT2D eigenvalue weighted by Gasteiger charge is 2.45. The van der Waals surface area contributed by atoms with Gasteiger partial charge in [0.1, 0.15) is 16.9 Å². The van der Waals surface area contributed by atoms with Crippen LogP contribution in [0.15, 0.2) is 81.1 Å². The summed E-state index contributed by atoms with van der Waals surface area (Å²) in [6, 6.07) is 15.2. The van der Waals surface area contributed by atoms with Crippen LogP contribution >= 0.6 is 0 Å². The topological polar surface area (TPSA) is 153 Å². The molecule has 0 fully saturated rings. The SMILES string of the molecule is CC(C)S(=O)(=O)c1ccc(-c2cnc(N(C(=O)OC(C)(C)C)C(=O)OC(C)(C)C)c(C3(c4ccccc4)C=NN=N3)n2)cc1. The van der Waals surface area contributed by atoms with Gasteiger partial charge in [0, 0.05) is 5.56 Å². The summed E-state index contributed by atoms with van der Waals surface area (Å²) in [6.45, 7) is 13.2. The van der Waals surface area contributed by atoms with E-state index in [-0.39, 0.29) is 16.4 Å². The highest BCUT2D eigenvalue weighted by molar-refractivity contribution is 7.92. The second-order valence-electron chi connectivity index (χ2n) is 12.4. The van der Waals surface area contributed by atoms with Gasteiger partial charge in [-0.3, -0.25) is 0 Å². The van der Waals surface area contributed by atoms with Gasteiger partial charge in [-0.25, -0.2) is 28.0 Å².